The Morgan fingerprint density at radius 1 is 1.00 bits per heavy atom. The van der Waals surface area contributed by atoms with Crippen LogP contribution in [-0.2, 0) is 19.4 Å². The van der Waals surface area contributed by atoms with Gasteiger partial charge in [0.1, 0.15) is 5.75 Å². The topological polar surface area (TPSA) is 114 Å². The van der Waals surface area contributed by atoms with Crippen molar-refractivity contribution in [3.05, 3.63) is 42.5 Å². The SMILES string of the molecule is CCS(=O)(=O)c1ccc(NCC(=O)Nc2cc(NC(C)=O)ccc2OC)cc1. The van der Waals surface area contributed by atoms with Crippen LogP contribution in [0.1, 0.15) is 13.8 Å². The smallest absolute Gasteiger partial charge is 0.243 e. The first-order chi connectivity index (χ1) is 13.2. The van der Waals surface area contributed by atoms with E-state index in [0.29, 0.717) is 22.8 Å². The van der Waals surface area contributed by atoms with Crippen molar-refractivity contribution >= 4 is 38.7 Å². The van der Waals surface area contributed by atoms with Gasteiger partial charge in [0, 0.05) is 18.3 Å². The molecule has 0 unspecified atom stereocenters. The van der Waals surface area contributed by atoms with Gasteiger partial charge in [-0.15, -0.1) is 0 Å². The standard InChI is InChI=1S/C19H23N3O5S/c1-4-28(25,26)16-8-5-14(6-9-16)20-12-19(24)22-17-11-15(21-13(2)23)7-10-18(17)27-3/h5-11,20H,4,12H2,1-3H3,(H,21,23)(H,22,24). The molecule has 0 spiro atoms. The highest BCUT2D eigenvalue weighted by molar-refractivity contribution is 7.91. The maximum absolute atomic E-state index is 12.2. The lowest BCUT2D eigenvalue weighted by molar-refractivity contribution is -0.115. The van der Waals surface area contributed by atoms with Crippen LogP contribution in [0.15, 0.2) is 47.4 Å². The molecule has 0 aliphatic rings. The van der Waals surface area contributed by atoms with E-state index in [-0.39, 0.29) is 29.0 Å². The second-order valence-corrected chi connectivity index (χ2v) is 8.20. The lowest BCUT2D eigenvalue weighted by Gasteiger charge is -2.13. The monoisotopic (exact) mass is 405 g/mol. The van der Waals surface area contributed by atoms with Crippen LogP contribution in [0, 0.1) is 0 Å². The zero-order valence-corrected chi connectivity index (χ0v) is 16.7. The summed E-state index contributed by atoms with van der Waals surface area (Å²) in [5.41, 5.74) is 1.57. The highest BCUT2D eigenvalue weighted by atomic mass is 32.2. The maximum atomic E-state index is 12.2. The summed E-state index contributed by atoms with van der Waals surface area (Å²) in [5, 5.41) is 8.28. The molecule has 0 radical (unpaired) electrons. The molecule has 2 rings (SSSR count). The van der Waals surface area contributed by atoms with Crippen LogP contribution in [0.2, 0.25) is 0 Å². The van der Waals surface area contributed by atoms with E-state index in [0.717, 1.165) is 0 Å². The highest BCUT2D eigenvalue weighted by Gasteiger charge is 2.12. The molecule has 0 fully saturated rings. The molecule has 8 nitrogen and oxygen atoms in total. The van der Waals surface area contributed by atoms with Gasteiger partial charge in [0.05, 0.1) is 30.0 Å². The number of carbonyl (C=O) groups is 2. The van der Waals surface area contributed by atoms with Gasteiger partial charge in [-0.05, 0) is 42.5 Å². The van der Waals surface area contributed by atoms with Crippen molar-refractivity contribution in [3.8, 4) is 5.75 Å². The highest BCUT2D eigenvalue weighted by Crippen LogP contribution is 2.27. The molecule has 2 aromatic rings. The summed E-state index contributed by atoms with van der Waals surface area (Å²) >= 11 is 0. The van der Waals surface area contributed by atoms with Crippen molar-refractivity contribution in [3.63, 3.8) is 0 Å². The molecule has 150 valence electrons. The summed E-state index contributed by atoms with van der Waals surface area (Å²) in [6.07, 6.45) is 0. The van der Waals surface area contributed by atoms with Crippen LogP contribution >= 0.6 is 0 Å². The van der Waals surface area contributed by atoms with Gasteiger partial charge in [0.15, 0.2) is 9.84 Å². The fourth-order valence-corrected chi connectivity index (χ4v) is 3.29. The van der Waals surface area contributed by atoms with Crippen molar-refractivity contribution < 1.29 is 22.7 Å². The lowest BCUT2D eigenvalue weighted by Crippen LogP contribution is -2.22. The number of hydrogen-bond acceptors (Lipinski definition) is 6. The van der Waals surface area contributed by atoms with Crippen LogP contribution in [0.5, 0.6) is 5.75 Å². The van der Waals surface area contributed by atoms with Gasteiger partial charge in [0.25, 0.3) is 0 Å². The first-order valence-corrected chi connectivity index (χ1v) is 10.2. The second kappa shape index (κ2) is 9.23. The Kier molecular flexibility index (Phi) is 7.00. The molecule has 28 heavy (non-hydrogen) atoms. The molecule has 2 aromatic carbocycles. The average Bonchev–Trinajstić information content (AvgIpc) is 2.66. The Labute approximate surface area is 164 Å². The largest absolute Gasteiger partial charge is 0.495 e. The van der Waals surface area contributed by atoms with E-state index >= 15 is 0 Å². The Hall–Kier alpha value is -3.07. The molecule has 0 saturated carbocycles. The van der Waals surface area contributed by atoms with Crippen LogP contribution in [-0.4, -0.2) is 39.6 Å². The Balaban J connectivity index is 2.01. The Morgan fingerprint density at radius 3 is 2.21 bits per heavy atom. The van der Waals surface area contributed by atoms with Gasteiger partial charge >= 0.3 is 0 Å². The van der Waals surface area contributed by atoms with Crippen LogP contribution < -0.4 is 20.7 Å². The molecule has 0 aliphatic heterocycles. The molecule has 9 heteroatoms. The second-order valence-electron chi connectivity index (χ2n) is 5.93. The molecule has 0 bridgehead atoms. The number of ether oxygens (including phenoxy) is 1. The molecule has 0 heterocycles. The Bertz CT molecular complexity index is 956. The van der Waals surface area contributed by atoms with E-state index in [9.17, 15) is 18.0 Å². The number of carbonyl (C=O) groups excluding carboxylic acids is 2. The molecule has 2 amide bonds. The van der Waals surface area contributed by atoms with Gasteiger partial charge in [-0.25, -0.2) is 8.42 Å². The summed E-state index contributed by atoms with van der Waals surface area (Å²) in [6, 6.07) is 11.1. The van der Waals surface area contributed by atoms with E-state index in [2.05, 4.69) is 16.0 Å². The fourth-order valence-electron chi connectivity index (χ4n) is 2.41. The van der Waals surface area contributed by atoms with Gasteiger partial charge in [-0.3, -0.25) is 9.59 Å². The predicted molar refractivity (Wildman–Crippen MR) is 109 cm³/mol. The molecule has 0 atom stereocenters. The molecule has 0 aromatic heterocycles. The molecule has 3 N–H and O–H groups in total. The van der Waals surface area contributed by atoms with E-state index in [1.165, 1.54) is 26.2 Å². The van der Waals surface area contributed by atoms with Gasteiger partial charge in [-0.2, -0.15) is 0 Å². The third-order valence-corrected chi connectivity index (χ3v) is 5.59. The first kappa shape index (κ1) is 21.2. The van der Waals surface area contributed by atoms with Crippen molar-refractivity contribution in [2.45, 2.75) is 18.7 Å². The Morgan fingerprint density at radius 2 is 1.64 bits per heavy atom. The zero-order chi connectivity index (χ0) is 20.7. The summed E-state index contributed by atoms with van der Waals surface area (Å²) < 4.78 is 28.8. The van der Waals surface area contributed by atoms with Gasteiger partial charge in [-0.1, -0.05) is 6.92 Å². The normalized spacial score (nSPS) is 10.8. The number of rotatable bonds is 8. The van der Waals surface area contributed by atoms with Crippen LogP contribution in [0.25, 0.3) is 0 Å². The van der Waals surface area contributed by atoms with E-state index in [1.54, 1.807) is 37.3 Å². The number of anilines is 3. The molecule has 0 aliphatic carbocycles. The molecular weight excluding hydrogens is 382 g/mol. The van der Waals surface area contributed by atoms with Gasteiger partial charge < -0.3 is 20.7 Å². The van der Waals surface area contributed by atoms with Crippen molar-refractivity contribution in [2.75, 3.05) is 35.4 Å². The minimum Gasteiger partial charge on any atom is -0.495 e. The predicted octanol–water partition coefficient (Wildman–Crippen LogP) is 2.50. The minimum absolute atomic E-state index is 0.0293. The lowest BCUT2D eigenvalue weighted by atomic mass is 10.2. The number of amides is 2. The average molecular weight is 405 g/mol. The summed E-state index contributed by atoms with van der Waals surface area (Å²) in [4.78, 5) is 23.7. The molecule has 0 saturated heterocycles. The van der Waals surface area contributed by atoms with Crippen LogP contribution in [0.3, 0.4) is 0 Å². The van der Waals surface area contributed by atoms with Crippen LogP contribution in [0.4, 0.5) is 17.1 Å². The minimum atomic E-state index is -3.26. The fraction of sp³-hybridized carbons (Fsp3) is 0.263. The summed E-state index contributed by atoms with van der Waals surface area (Å²) in [6.45, 7) is 2.94. The third-order valence-electron chi connectivity index (χ3n) is 3.84. The maximum Gasteiger partial charge on any atom is 0.243 e. The number of nitrogens with one attached hydrogen (secondary N) is 3. The summed E-state index contributed by atoms with van der Waals surface area (Å²) in [7, 11) is -1.78. The van der Waals surface area contributed by atoms with E-state index in [1.807, 2.05) is 0 Å². The van der Waals surface area contributed by atoms with Crippen molar-refractivity contribution in [2.24, 2.45) is 0 Å². The number of benzene rings is 2. The third kappa shape index (κ3) is 5.71. The first-order valence-electron chi connectivity index (χ1n) is 8.57. The van der Waals surface area contributed by atoms with Crippen molar-refractivity contribution in [1.29, 1.82) is 0 Å². The molecular formula is C19H23N3O5S. The quantitative estimate of drug-likeness (QED) is 0.622. The number of methoxy groups -OCH3 is 1. The van der Waals surface area contributed by atoms with E-state index < -0.39 is 9.84 Å². The van der Waals surface area contributed by atoms with Gasteiger partial charge in [0.2, 0.25) is 11.8 Å². The zero-order valence-electron chi connectivity index (χ0n) is 15.9. The summed E-state index contributed by atoms with van der Waals surface area (Å²) in [5.74, 6) is -0.0700. The van der Waals surface area contributed by atoms with Crippen molar-refractivity contribution in [1.82, 2.24) is 0 Å². The number of hydrogen-bond donors (Lipinski definition) is 3. The van der Waals surface area contributed by atoms with E-state index in [4.69, 9.17) is 4.74 Å². The number of sulfone groups is 1.